The van der Waals surface area contributed by atoms with Crippen LogP contribution in [-0.4, -0.2) is 16.8 Å². The van der Waals surface area contributed by atoms with Gasteiger partial charge in [-0.2, -0.15) is 0 Å². The van der Waals surface area contributed by atoms with Crippen molar-refractivity contribution in [1.82, 2.24) is 15.8 Å². The molecule has 104 valence electrons. The SMILES string of the molecule is Cc1cccc(C(=O)NNC(=O)c2cc(Br)c[nH]2)c1I. The maximum Gasteiger partial charge on any atom is 0.286 e. The number of amides is 2. The average Bonchev–Trinajstić information content (AvgIpc) is 2.85. The largest absolute Gasteiger partial charge is 0.356 e. The summed E-state index contributed by atoms with van der Waals surface area (Å²) in [6.45, 7) is 1.92. The molecule has 2 rings (SSSR count). The van der Waals surface area contributed by atoms with Gasteiger partial charge >= 0.3 is 0 Å². The zero-order valence-electron chi connectivity index (χ0n) is 10.5. The molecule has 0 aliphatic carbocycles. The lowest BCUT2D eigenvalue weighted by molar-refractivity contribution is 0.0844. The van der Waals surface area contributed by atoms with Gasteiger partial charge in [-0.3, -0.25) is 20.4 Å². The molecule has 1 heterocycles. The summed E-state index contributed by atoms with van der Waals surface area (Å²) in [5, 5.41) is 0. The Labute approximate surface area is 137 Å². The number of nitrogens with one attached hydrogen (secondary N) is 3. The summed E-state index contributed by atoms with van der Waals surface area (Å²) in [5.41, 5.74) is 6.66. The normalized spacial score (nSPS) is 10.2. The van der Waals surface area contributed by atoms with E-state index in [0.29, 0.717) is 11.3 Å². The molecule has 2 amide bonds. The van der Waals surface area contributed by atoms with E-state index in [1.54, 1.807) is 24.4 Å². The number of hydrazine groups is 1. The zero-order valence-corrected chi connectivity index (χ0v) is 14.2. The van der Waals surface area contributed by atoms with Crippen LogP contribution >= 0.6 is 38.5 Å². The second-order valence-electron chi connectivity index (χ2n) is 4.08. The standard InChI is InChI=1S/C13H11BrIN3O2/c1-7-3-2-4-9(11(7)15)12(19)17-18-13(20)10-5-8(14)6-16-10/h2-6,16H,1H3,(H,17,19)(H,18,20). The molecule has 0 saturated carbocycles. The van der Waals surface area contributed by atoms with Crippen molar-refractivity contribution in [3.63, 3.8) is 0 Å². The van der Waals surface area contributed by atoms with Crippen LogP contribution in [0, 0.1) is 10.5 Å². The molecule has 1 aromatic heterocycles. The van der Waals surface area contributed by atoms with Gasteiger partial charge in [0.2, 0.25) is 0 Å². The number of H-pyrrole nitrogens is 1. The van der Waals surface area contributed by atoms with Crippen molar-refractivity contribution >= 4 is 50.3 Å². The van der Waals surface area contributed by atoms with Gasteiger partial charge in [0.25, 0.3) is 11.8 Å². The van der Waals surface area contributed by atoms with Crippen molar-refractivity contribution in [2.24, 2.45) is 0 Å². The minimum absolute atomic E-state index is 0.350. The van der Waals surface area contributed by atoms with Crippen molar-refractivity contribution in [2.75, 3.05) is 0 Å². The van der Waals surface area contributed by atoms with Gasteiger partial charge in [0, 0.05) is 14.2 Å². The van der Waals surface area contributed by atoms with Gasteiger partial charge in [0.05, 0.1) is 5.56 Å². The Balaban J connectivity index is 2.02. The number of carbonyl (C=O) groups excluding carboxylic acids is 2. The highest BCUT2D eigenvalue weighted by Gasteiger charge is 2.13. The van der Waals surface area contributed by atoms with Gasteiger partial charge in [0.1, 0.15) is 5.69 Å². The Morgan fingerprint density at radius 3 is 2.60 bits per heavy atom. The first-order valence-corrected chi connectivity index (χ1v) is 7.56. The van der Waals surface area contributed by atoms with E-state index >= 15 is 0 Å². The Hall–Kier alpha value is -1.35. The van der Waals surface area contributed by atoms with E-state index in [1.807, 2.05) is 13.0 Å². The van der Waals surface area contributed by atoms with Gasteiger partial charge in [-0.25, -0.2) is 0 Å². The van der Waals surface area contributed by atoms with Gasteiger partial charge in [-0.15, -0.1) is 0 Å². The Bertz CT molecular complexity index is 669. The Morgan fingerprint density at radius 1 is 1.25 bits per heavy atom. The summed E-state index contributed by atoms with van der Waals surface area (Å²) >= 11 is 5.34. The third-order valence-corrected chi connectivity index (χ3v) is 4.51. The third kappa shape index (κ3) is 3.40. The minimum atomic E-state index is -0.410. The van der Waals surface area contributed by atoms with Crippen LogP contribution in [0.1, 0.15) is 26.4 Å². The second-order valence-corrected chi connectivity index (χ2v) is 6.07. The first-order chi connectivity index (χ1) is 9.49. The predicted octanol–water partition coefficient (Wildman–Crippen LogP) is 2.77. The molecular formula is C13H11BrIN3O2. The van der Waals surface area contributed by atoms with E-state index in [4.69, 9.17) is 0 Å². The lowest BCUT2D eigenvalue weighted by Crippen LogP contribution is -2.42. The molecule has 7 heteroatoms. The van der Waals surface area contributed by atoms with E-state index in [9.17, 15) is 9.59 Å². The summed E-state index contributed by atoms with van der Waals surface area (Å²) in [5.74, 6) is -0.760. The van der Waals surface area contributed by atoms with Crippen LogP contribution in [0.4, 0.5) is 0 Å². The Kier molecular flexibility index (Phi) is 4.81. The summed E-state index contributed by atoms with van der Waals surface area (Å²) in [6, 6.07) is 7.06. The molecular weight excluding hydrogens is 437 g/mol. The molecule has 0 radical (unpaired) electrons. The smallest absolute Gasteiger partial charge is 0.286 e. The van der Waals surface area contributed by atoms with Crippen molar-refractivity contribution in [3.8, 4) is 0 Å². The van der Waals surface area contributed by atoms with Crippen LogP contribution in [0.25, 0.3) is 0 Å². The van der Waals surface area contributed by atoms with E-state index in [1.165, 1.54) is 0 Å². The average molecular weight is 448 g/mol. The molecule has 0 spiro atoms. The maximum atomic E-state index is 12.0. The van der Waals surface area contributed by atoms with Crippen LogP contribution in [0.2, 0.25) is 0 Å². The molecule has 0 saturated heterocycles. The summed E-state index contributed by atoms with van der Waals surface area (Å²) in [7, 11) is 0. The predicted molar refractivity (Wildman–Crippen MR) is 87.3 cm³/mol. The third-order valence-electron chi connectivity index (χ3n) is 2.62. The number of carbonyl (C=O) groups is 2. The minimum Gasteiger partial charge on any atom is -0.356 e. The van der Waals surface area contributed by atoms with Crippen LogP contribution in [-0.2, 0) is 0 Å². The van der Waals surface area contributed by atoms with Gasteiger partial charge < -0.3 is 4.98 Å². The van der Waals surface area contributed by atoms with Crippen LogP contribution in [0.5, 0.6) is 0 Å². The molecule has 0 aliphatic rings. The second kappa shape index (κ2) is 6.40. The van der Waals surface area contributed by atoms with Crippen molar-refractivity contribution < 1.29 is 9.59 Å². The number of aromatic nitrogens is 1. The number of hydrogen-bond donors (Lipinski definition) is 3. The fraction of sp³-hybridized carbons (Fsp3) is 0.0769. The molecule has 5 nitrogen and oxygen atoms in total. The molecule has 0 unspecified atom stereocenters. The number of halogens is 2. The molecule has 0 fully saturated rings. The number of benzene rings is 1. The molecule has 1 aromatic carbocycles. The zero-order chi connectivity index (χ0) is 14.7. The van der Waals surface area contributed by atoms with Gasteiger partial charge in [-0.05, 0) is 63.1 Å². The van der Waals surface area contributed by atoms with E-state index in [2.05, 4.69) is 54.4 Å². The van der Waals surface area contributed by atoms with Crippen LogP contribution < -0.4 is 10.9 Å². The maximum absolute atomic E-state index is 12.0. The van der Waals surface area contributed by atoms with Crippen LogP contribution in [0.3, 0.4) is 0 Å². The lowest BCUT2D eigenvalue weighted by atomic mass is 10.1. The first-order valence-electron chi connectivity index (χ1n) is 5.68. The highest BCUT2D eigenvalue weighted by molar-refractivity contribution is 14.1. The number of hydrogen-bond acceptors (Lipinski definition) is 2. The molecule has 0 aliphatic heterocycles. The van der Waals surface area contributed by atoms with E-state index in [0.717, 1.165) is 13.6 Å². The van der Waals surface area contributed by atoms with Crippen molar-refractivity contribution in [1.29, 1.82) is 0 Å². The topological polar surface area (TPSA) is 74.0 Å². The van der Waals surface area contributed by atoms with Crippen LogP contribution in [0.15, 0.2) is 34.9 Å². The first kappa shape index (κ1) is 15.0. The molecule has 2 aromatic rings. The fourth-order valence-corrected chi connectivity index (χ4v) is 2.52. The van der Waals surface area contributed by atoms with E-state index < -0.39 is 5.91 Å². The lowest BCUT2D eigenvalue weighted by Gasteiger charge is -2.09. The highest BCUT2D eigenvalue weighted by atomic mass is 127. The van der Waals surface area contributed by atoms with Gasteiger partial charge in [-0.1, -0.05) is 12.1 Å². The molecule has 3 N–H and O–H groups in total. The Morgan fingerprint density at radius 2 is 1.95 bits per heavy atom. The fourth-order valence-electron chi connectivity index (χ4n) is 1.57. The molecule has 0 bridgehead atoms. The molecule has 0 atom stereocenters. The van der Waals surface area contributed by atoms with Gasteiger partial charge in [0.15, 0.2) is 0 Å². The van der Waals surface area contributed by atoms with Crippen molar-refractivity contribution in [2.45, 2.75) is 6.92 Å². The summed E-state index contributed by atoms with van der Waals surface area (Å²) in [4.78, 5) is 26.6. The number of aromatic amines is 1. The van der Waals surface area contributed by atoms with Crippen molar-refractivity contribution in [3.05, 3.63) is 55.3 Å². The summed E-state index contributed by atoms with van der Waals surface area (Å²) < 4.78 is 1.63. The summed E-state index contributed by atoms with van der Waals surface area (Å²) in [6.07, 6.45) is 1.64. The number of aryl methyl sites for hydroxylation is 1. The monoisotopic (exact) mass is 447 g/mol. The van der Waals surface area contributed by atoms with E-state index in [-0.39, 0.29) is 5.91 Å². The number of rotatable bonds is 2. The highest BCUT2D eigenvalue weighted by Crippen LogP contribution is 2.16. The molecule has 20 heavy (non-hydrogen) atoms. The quantitative estimate of drug-likeness (QED) is 0.489.